The standard InChI is InChI=1S/C40H42N10O6/c1-24-23-49(25(2)22-48(24)32-10-6-26(20-41)36-30(32)5-3-15-44-36)40(55)46-28-8-13-35(45-21-28)56-18-4-14-42-16-17-43-27-7-9-29-31(19-27)39(54)50(38(29)53)33-11-12-34(51)47-37(33)52/h3,5-10,13,15,19,21,24-25,33,42-43H,4,11-12,14,16-18,22-23H2,1-2H3,(H,46,55)(H,47,51,52)/t24-,25+,33?/m0/s1. The maximum absolute atomic E-state index is 13.3. The Balaban J connectivity index is 0.805. The Kier molecular flexibility index (Phi) is 11.1. The van der Waals surface area contributed by atoms with Crippen LogP contribution < -0.4 is 30.9 Å². The molecule has 3 atom stereocenters. The van der Waals surface area contributed by atoms with Crippen LogP contribution in [0.3, 0.4) is 0 Å². The van der Waals surface area contributed by atoms with Crippen molar-refractivity contribution >= 4 is 57.6 Å². The minimum absolute atomic E-state index is 0.0271. The van der Waals surface area contributed by atoms with Crippen LogP contribution in [0.5, 0.6) is 5.88 Å². The van der Waals surface area contributed by atoms with Crippen molar-refractivity contribution in [2.24, 2.45) is 0 Å². The number of carbonyl (C=O) groups is 5. The zero-order valence-electron chi connectivity index (χ0n) is 31.1. The van der Waals surface area contributed by atoms with Crippen LogP contribution >= 0.6 is 0 Å². The number of piperidine rings is 1. The van der Waals surface area contributed by atoms with Gasteiger partial charge in [-0.15, -0.1) is 0 Å². The molecule has 288 valence electrons. The van der Waals surface area contributed by atoms with Gasteiger partial charge in [0.25, 0.3) is 11.8 Å². The van der Waals surface area contributed by atoms with Gasteiger partial charge in [-0.3, -0.25) is 34.4 Å². The quantitative estimate of drug-likeness (QED) is 0.121. The molecule has 16 nitrogen and oxygen atoms in total. The smallest absolute Gasteiger partial charge is 0.322 e. The lowest BCUT2D eigenvalue weighted by molar-refractivity contribution is -0.136. The van der Waals surface area contributed by atoms with E-state index in [0.29, 0.717) is 67.7 Å². The van der Waals surface area contributed by atoms with E-state index in [-0.39, 0.29) is 42.1 Å². The Hall–Kier alpha value is -6.60. The Bertz CT molecular complexity index is 2220. The molecule has 0 aliphatic carbocycles. The fraction of sp³-hybridized carbons (Fsp3) is 0.350. The monoisotopic (exact) mass is 758 g/mol. The van der Waals surface area contributed by atoms with Gasteiger partial charge in [0, 0.05) is 73.7 Å². The zero-order chi connectivity index (χ0) is 39.3. The van der Waals surface area contributed by atoms with E-state index in [9.17, 15) is 29.2 Å². The first-order valence-corrected chi connectivity index (χ1v) is 18.6. The van der Waals surface area contributed by atoms with E-state index < -0.39 is 29.7 Å². The van der Waals surface area contributed by atoms with Gasteiger partial charge in [0.05, 0.1) is 40.7 Å². The van der Waals surface area contributed by atoms with Crippen molar-refractivity contribution in [3.8, 4) is 11.9 Å². The van der Waals surface area contributed by atoms with E-state index in [0.717, 1.165) is 22.4 Å². The second-order valence-electron chi connectivity index (χ2n) is 14.0. The number of fused-ring (bicyclic) bond motifs is 2. The molecule has 4 aromatic rings. The summed E-state index contributed by atoms with van der Waals surface area (Å²) < 4.78 is 5.79. The maximum atomic E-state index is 13.3. The average molecular weight is 759 g/mol. The molecule has 6 amide bonds. The lowest BCUT2D eigenvalue weighted by Gasteiger charge is -2.45. The number of aromatic nitrogens is 2. The average Bonchev–Trinajstić information content (AvgIpc) is 3.44. The second-order valence-corrected chi connectivity index (χ2v) is 14.0. The molecule has 0 saturated carbocycles. The van der Waals surface area contributed by atoms with Crippen molar-refractivity contribution in [1.29, 1.82) is 5.26 Å². The second kappa shape index (κ2) is 16.4. The predicted molar refractivity (Wildman–Crippen MR) is 207 cm³/mol. The molecule has 2 fully saturated rings. The summed E-state index contributed by atoms with van der Waals surface area (Å²) in [5.41, 5.74) is 3.90. The van der Waals surface area contributed by atoms with Crippen molar-refractivity contribution < 1.29 is 28.7 Å². The fourth-order valence-electron chi connectivity index (χ4n) is 7.35. The van der Waals surface area contributed by atoms with Crippen LogP contribution in [-0.4, -0.2) is 107 Å². The Labute approximate surface area is 323 Å². The summed E-state index contributed by atoms with van der Waals surface area (Å²) in [6.07, 6.45) is 4.17. The van der Waals surface area contributed by atoms with Crippen LogP contribution in [0.4, 0.5) is 21.9 Å². The number of ether oxygens (including phenoxy) is 1. The summed E-state index contributed by atoms with van der Waals surface area (Å²) in [7, 11) is 0. The van der Waals surface area contributed by atoms with Gasteiger partial charge in [-0.1, -0.05) is 0 Å². The number of pyridine rings is 2. The lowest BCUT2D eigenvalue weighted by Crippen LogP contribution is -2.59. The van der Waals surface area contributed by atoms with Crippen molar-refractivity contribution in [3.05, 3.63) is 83.7 Å². The van der Waals surface area contributed by atoms with Gasteiger partial charge in [0.1, 0.15) is 12.1 Å². The molecule has 1 unspecified atom stereocenters. The number of urea groups is 1. The highest BCUT2D eigenvalue weighted by Gasteiger charge is 2.44. The molecule has 7 rings (SSSR count). The number of hydrogen-bond donors (Lipinski definition) is 4. The first-order valence-electron chi connectivity index (χ1n) is 18.6. The van der Waals surface area contributed by atoms with Gasteiger partial charge in [0.15, 0.2) is 0 Å². The van der Waals surface area contributed by atoms with Crippen molar-refractivity contribution in [2.75, 3.05) is 54.9 Å². The third-order valence-corrected chi connectivity index (χ3v) is 10.2. The highest BCUT2D eigenvalue weighted by atomic mass is 16.5. The number of nitriles is 1. The molecule has 2 aromatic carbocycles. The summed E-state index contributed by atoms with van der Waals surface area (Å²) in [5.74, 6) is -1.68. The van der Waals surface area contributed by atoms with Crippen LogP contribution in [0.2, 0.25) is 0 Å². The number of nitrogens with one attached hydrogen (secondary N) is 4. The normalized spacial score (nSPS) is 19.4. The molecule has 2 aromatic heterocycles. The summed E-state index contributed by atoms with van der Waals surface area (Å²) >= 11 is 0. The molecule has 3 aliphatic rings. The molecule has 2 saturated heterocycles. The number of piperazine rings is 1. The maximum Gasteiger partial charge on any atom is 0.322 e. The van der Waals surface area contributed by atoms with Crippen LogP contribution in [0.15, 0.2) is 67.0 Å². The van der Waals surface area contributed by atoms with Gasteiger partial charge in [-0.05, 0) is 81.8 Å². The molecule has 5 heterocycles. The number of amides is 6. The first kappa shape index (κ1) is 37.7. The van der Waals surface area contributed by atoms with Crippen molar-refractivity contribution in [3.63, 3.8) is 0 Å². The number of imide groups is 2. The molecule has 16 heteroatoms. The predicted octanol–water partition coefficient (Wildman–Crippen LogP) is 3.50. The van der Waals surface area contributed by atoms with Crippen molar-refractivity contribution in [1.82, 2.24) is 30.4 Å². The number of hydrogen-bond acceptors (Lipinski definition) is 12. The fourth-order valence-corrected chi connectivity index (χ4v) is 7.35. The SMILES string of the molecule is C[C@@H]1CN(c2ccc(C#N)c3ncccc23)[C@@H](C)CN1C(=O)Nc1ccc(OCCCNCCNc2ccc3c(c2)C(=O)N(C2CCC(=O)NC2=O)C3=O)nc1. The molecule has 0 spiro atoms. The van der Waals surface area contributed by atoms with Gasteiger partial charge in [-0.25, -0.2) is 9.78 Å². The molecule has 0 radical (unpaired) electrons. The van der Waals surface area contributed by atoms with Gasteiger partial charge >= 0.3 is 6.03 Å². The number of benzene rings is 2. The van der Waals surface area contributed by atoms with Crippen LogP contribution in [0.25, 0.3) is 10.9 Å². The van der Waals surface area contributed by atoms with E-state index in [1.165, 1.54) is 0 Å². The van der Waals surface area contributed by atoms with Gasteiger partial charge in [0.2, 0.25) is 17.7 Å². The van der Waals surface area contributed by atoms with Crippen LogP contribution in [-0.2, 0) is 9.59 Å². The van der Waals surface area contributed by atoms with E-state index in [2.05, 4.69) is 49.1 Å². The highest BCUT2D eigenvalue weighted by Crippen LogP contribution is 2.33. The molecule has 3 aliphatic heterocycles. The summed E-state index contributed by atoms with van der Waals surface area (Å²) in [6, 6.07) is 17.0. The van der Waals surface area contributed by atoms with Crippen molar-refractivity contribution in [2.45, 2.75) is 51.2 Å². The number of carbonyl (C=O) groups excluding carboxylic acids is 5. The van der Waals surface area contributed by atoms with E-state index in [1.807, 2.05) is 30.0 Å². The summed E-state index contributed by atoms with van der Waals surface area (Å²) in [4.78, 5) is 76.9. The topological polar surface area (TPSA) is 202 Å². The molecule has 4 N–H and O–H groups in total. The number of anilines is 3. The molecular formula is C40H42N10O6. The lowest BCUT2D eigenvalue weighted by atomic mass is 10.0. The summed E-state index contributed by atoms with van der Waals surface area (Å²) in [5, 5.41) is 22.2. The number of rotatable bonds is 12. The third-order valence-electron chi connectivity index (χ3n) is 10.2. The first-order chi connectivity index (χ1) is 27.1. The molecule has 56 heavy (non-hydrogen) atoms. The van der Waals surface area contributed by atoms with Gasteiger partial charge in [-0.2, -0.15) is 5.26 Å². The van der Waals surface area contributed by atoms with E-state index in [4.69, 9.17) is 4.74 Å². The molecule has 0 bridgehead atoms. The highest BCUT2D eigenvalue weighted by molar-refractivity contribution is 6.23. The summed E-state index contributed by atoms with van der Waals surface area (Å²) in [6.45, 7) is 7.56. The largest absolute Gasteiger partial charge is 0.478 e. The van der Waals surface area contributed by atoms with Gasteiger partial charge < -0.3 is 30.5 Å². The Morgan fingerprint density at radius 2 is 1.77 bits per heavy atom. The van der Waals surface area contributed by atoms with Crippen LogP contribution in [0.1, 0.15) is 59.4 Å². The minimum Gasteiger partial charge on any atom is -0.478 e. The Morgan fingerprint density at radius 3 is 2.55 bits per heavy atom. The third kappa shape index (κ3) is 7.80. The molecular weight excluding hydrogens is 717 g/mol. The number of nitrogens with zero attached hydrogens (tertiary/aromatic N) is 6. The van der Waals surface area contributed by atoms with E-state index >= 15 is 0 Å². The van der Waals surface area contributed by atoms with E-state index in [1.54, 1.807) is 48.8 Å². The Morgan fingerprint density at radius 1 is 0.946 bits per heavy atom. The van der Waals surface area contributed by atoms with Crippen LogP contribution in [0, 0.1) is 11.3 Å². The minimum atomic E-state index is -0.997. The zero-order valence-corrected chi connectivity index (χ0v) is 31.1.